The Morgan fingerprint density at radius 2 is 2.21 bits per heavy atom. The molecule has 4 nitrogen and oxygen atoms in total. The van der Waals surface area contributed by atoms with Gasteiger partial charge < -0.3 is 9.47 Å². The van der Waals surface area contributed by atoms with Crippen LogP contribution in [0.25, 0.3) is 0 Å². The molecule has 0 amide bonds. The zero-order chi connectivity index (χ0) is 10.6. The number of ether oxygens (including phenoxy) is 2. The Balaban J connectivity index is 2.97. The van der Waals surface area contributed by atoms with Crippen molar-refractivity contribution in [3.05, 3.63) is 24.0 Å². The lowest BCUT2D eigenvalue weighted by molar-refractivity contribution is 0.0587. The summed E-state index contributed by atoms with van der Waals surface area (Å²) >= 11 is 0. The van der Waals surface area contributed by atoms with E-state index < -0.39 is 5.97 Å². The van der Waals surface area contributed by atoms with Crippen molar-refractivity contribution in [1.82, 2.24) is 4.98 Å². The molecule has 0 fully saturated rings. The quantitative estimate of drug-likeness (QED) is 0.688. The van der Waals surface area contributed by atoms with Gasteiger partial charge in [0.15, 0.2) is 11.4 Å². The standard InChI is InChI=1S/C10H13NO3/c1-7(2)14-8-5-4-6-11-9(8)10(12)13-3/h4-7H,1-3H3. The van der Waals surface area contributed by atoms with Gasteiger partial charge in [-0.2, -0.15) is 0 Å². The molecule has 0 unspecified atom stereocenters. The van der Waals surface area contributed by atoms with Crippen molar-refractivity contribution >= 4 is 5.97 Å². The first-order valence-corrected chi connectivity index (χ1v) is 4.35. The van der Waals surface area contributed by atoms with Gasteiger partial charge in [-0.05, 0) is 26.0 Å². The SMILES string of the molecule is COC(=O)c1ncccc1OC(C)C. The van der Waals surface area contributed by atoms with Gasteiger partial charge in [0, 0.05) is 6.20 Å². The fourth-order valence-electron chi connectivity index (χ4n) is 0.990. The summed E-state index contributed by atoms with van der Waals surface area (Å²) in [7, 11) is 1.32. The highest BCUT2D eigenvalue weighted by Gasteiger charge is 2.14. The zero-order valence-electron chi connectivity index (χ0n) is 8.48. The van der Waals surface area contributed by atoms with E-state index in [1.165, 1.54) is 13.3 Å². The van der Waals surface area contributed by atoms with Crippen molar-refractivity contribution in [3.63, 3.8) is 0 Å². The number of aromatic nitrogens is 1. The van der Waals surface area contributed by atoms with Crippen LogP contribution in [0.4, 0.5) is 0 Å². The Morgan fingerprint density at radius 3 is 2.79 bits per heavy atom. The van der Waals surface area contributed by atoms with Gasteiger partial charge in [-0.3, -0.25) is 0 Å². The summed E-state index contributed by atoms with van der Waals surface area (Å²) < 4.78 is 9.98. The summed E-state index contributed by atoms with van der Waals surface area (Å²) in [5.74, 6) is -0.0319. The van der Waals surface area contributed by atoms with Crippen LogP contribution in [0.15, 0.2) is 18.3 Å². The molecule has 1 rings (SSSR count). The smallest absolute Gasteiger partial charge is 0.360 e. The molecule has 4 heteroatoms. The third kappa shape index (κ3) is 2.45. The number of pyridine rings is 1. The highest BCUT2D eigenvalue weighted by atomic mass is 16.5. The lowest BCUT2D eigenvalue weighted by atomic mass is 10.3. The largest absolute Gasteiger partial charge is 0.488 e. The number of hydrogen-bond acceptors (Lipinski definition) is 4. The monoisotopic (exact) mass is 195 g/mol. The first kappa shape index (κ1) is 10.5. The maximum absolute atomic E-state index is 11.3. The molecule has 0 aromatic carbocycles. The van der Waals surface area contributed by atoms with Crippen LogP contribution in [-0.2, 0) is 4.74 Å². The number of esters is 1. The minimum Gasteiger partial charge on any atom is -0.488 e. The maximum atomic E-state index is 11.3. The van der Waals surface area contributed by atoms with Crippen molar-refractivity contribution in [2.75, 3.05) is 7.11 Å². The van der Waals surface area contributed by atoms with E-state index in [4.69, 9.17) is 4.74 Å². The van der Waals surface area contributed by atoms with Crippen LogP contribution in [-0.4, -0.2) is 24.2 Å². The molecule has 0 N–H and O–H groups in total. The van der Waals surface area contributed by atoms with Gasteiger partial charge in [-0.1, -0.05) is 0 Å². The molecule has 0 atom stereocenters. The minimum atomic E-state index is -0.485. The van der Waals surface area contributed by atoms with Crippen LogP contribution in [0, 0.1) is 0 Å². The molecular formula is C10H13NO3. The first-order chi connectivity index (χ1) is 6.65. The number of hydrogen-bond donors (Lipinski definition) is 0. The van der Waals surface area contributed by atoms with Crippen LogP contribution in [0.3, 0.4) is 0 Å². The molecule has 0 aliphatic heterocycles. The van der Waals surface area contributed by atoms with Gasteiger partial charge in [-0.15, -0.1) is 0 Å². The summed E-state index contributed by atoms with van der Waals surface area (Å²) in [5.41, 5.74) is 0.212. The van der Waals surface area contributed by atoms with Gasteiger partial charge >= 0.3 is 5.97 Å². The second-order valence-corrected chi connectivity index (χ2v) is 3.01. The van der Waals surface area contributed by atoms with Crippen LogP contribution in [0.2, 0.25) is 0 Å². The highest BCUT2D eigenvalue weighted by molar-refractivity contribution is 5.90. The van der Waals surface area contributed by atoms with Crippen LogP contribution >= 0.6 is 0 Å². The van der Waals surface area contributed by atoms with Crippen molar-refractivity contribution in [2.45, 2.75) is 20.0 Å². The predicted molar refractivity (Wildman–Crippen MR) is 51.3 cm³/mol. The van der Waals surface area contributed by atoms with E-state index in [0.29, 0.717) is 5.75 Å². The third-order valence-corrected chi connectivity index (χ3v) is 1.51. The summed E-state index contributed by atoms with van der Waals surface area (Å²) in [6, 6.07) is 3.41. The van der Waals surface area contributed by atoms with E-state index in [-0.39, 0.29) is 11.8 Å². The molecule has 0 saturated carbocycles. The number of carbonyl (C=O) groups excluding carboxylic acids is 1. The summed E-state index contributed by atoms with van der Waals surface area (Å²) in [5, 5.41) is 0. The average molecular weight is 195 g/mol. The first-order valence-electron chi connectivity index (χ1n) is 4.35. The Labute approximate surface area is 82.9 Å². The zero-order valence-corrected chi connectivity index (χ0v) is 8.48. The molecule has 1 aromatic heterocycles. The van der Waals surface area contributed by atoms with Gasteiger partial charge in [0.05, 0.1) is 13.2 Å². The Bertz CT molecular complexity index is 323. The number of nitrogens with zero attached hydrogens (tertiary/aromatic N) is 1. The third-order valence-electron chi connectivity index (χ3n) is 1.51. The molecule has 0 saturated heterocycles. The molecule has 14 heavy (non-hydrogen) atoms. The summed E-state index contributed by atoms with van der Waals surface area (Å²) in [6.45, 7) is 3.77. The number of rotatable bonds is 3. The molecule has 0 aliphatic rings. The molecule has 0 bridgehead atoms. The molecule has 0 radical (unpaired) electrons. The van der Waals surface area contributed by atoms with E-state index in [1.54, 1.807) is 12.1 Å². The van der Waals surface area contributed by atoms with E-state index in [1.807, 2.05) is 13.8 Å². The highest BCUT2D eigenvalue weighted by Crippen LogP contribution is 2.17. The number of methoxy groups -OCH3 is 1. The van der Waals surface area contributed by atoms with Gasteiger partial charge in [0.2, 0.25) is 0 Å². The number of carbonyl (C=O) groups is 1. The van der Waals surface area contributed by atoms with Gasteiger partial charge in [0.25, 0.3) is 0 Å². The fourth-order valence-corrected chi connectivity index (χ4v) is 0.990. The topological polar surface area (TPSA) is 48.4 Å². The van der Waals surface area contributed by atoms with Gasteiger partial charge in [0.1, 0.15) is 0 Å². The molecular weight excluding hydrogens is 182 g/mol. The molecule has 1 heterocycles. The van der Waals surface area contributed by atoms with Crippen LogP contribution in [0.5, 0.6) is 5.75 Å². The van der Waals surface area contributed by atoms with E-state index in [2.05, 4.69) is 9.72 Å². The van der Waals surface area contributed by atoms with Crippen LogP contribution < -0.4 is 4.74 Å². The normalized spacial score (nSPS) is 10.0. The Hall–Kier alpha value is -1.58. The van der Waals surface area contributed by atoms with Gasteiger partial charge in [-0.25, -0.2) is 9.78 Å². The Kier molecular flexibility index (Phi) is 3.45. The fraction of sp³-hybridized carbons (Fsp3) is 0.400. The van der Waals surface area contributed by atoms with E-state index in [0.717, 1.165) is 0 Å². The van der Waals surface area contributed by atoms with Crippen LogP contribution in [0.1, 0.15) is 24.3 Å². The molecule has 0 aliphatic carbocycles. The summed E-state index contributed by atoms with van der Waals surface area (Å²) in [6.07, 6.45) is 1.53. The van der Waals surface area contributed by atoms with Crippen molar-refractivity contribution in [3.8, 4) is 5.75 Å². The van der Waals surface area contributed by atoms with Crippen molar-refractivity contribution < 1.29 is 14.3 Å². The second-order valence-electron chi connectivity index (χ2n) is 3.01. The average Bonchev–Trinajstić information content (AvgIpc) is 2.16. The van der Waals surface area contributed by atoms with E-state index in [9.17, 15) is 4.79 Å². The molecule has 0 spiro atoms. The Morgan fingerprint density at radius 1 is 1.50 bits per heavy atom. The van der Waals surface area contributed by atoms with E-state index >= 15 is 0 Å². The molecule has 76 valence electrons. The minimum absolute atomic E-state index is 0.00241. The lowest BCUT2D eigenvalue weighted by Gasteiger charge is -2.11. The predicted octanol–water partition coefficient (Wildman–Crippen LogP) is 1.66. The maximum Gasteiger partial charge on any atom is 0.360 e. The summed E-state index contributed by atoms with van der Waals surface area (Å²) in [4.78, 5) is 15.2. The molecule has 1 aromatic rings. The van der Waals surface area contributed by atoms with Crippen molar-refractivity contribution in [2.24, 2.45) is 0 Å². The second kappa shape index (κ2) is 4.60. The lowest BCUT2D eigenvalue weighted by Crippen LogP contribution is -2.12. The van der Waals surface area contributed by atoms with Crippen molar-refractivity contribution in [1.29, 1.82) is 0 Å².